The van der Waals surface area contributed by atoms with Gasteiger partial charge < -0.3 is 0 Å². The van der Waals surface area contributed by atoms with Gasteiger partial charge in [-0.25, -0.2) is 0 Å². The van der Waals surface area contributed by atoms with Crippen molar-refractivity contribution in [1.29, 1.82) is 0 Å². The van der Waals surface area contributed by atoms with Gasteiger partial charge in [0.2, 0.25) is 6.54 Å². The summed E-state index contributed by atoms with van der Waals surface area (Å²) in [5, 5.41) is 11.1. The van der Waals surface area contributed by atoms with Crippen LogP contribution in [0.15, 0.2) is 60.7 Å². The number of carbonyl (C=O) groups is 1. The molecule has 0 saturated heterocycles. The molecule has 1 aliphatic rings. The number of Topliss-reactive ketones (excluding diaryl/α,β-unsaturated/α-hetero) is 1. The van der Waals surface area contributed by atoms with E-state index in [2.05, 4.69) is 0 Å². The highest BCUT2D eigenvalue weighted by Gasteiger charge is 2.46. The second kappa shape index (κ2) is 6.73. The van der Waals surface area contributed by atoms with Gasteiger partial charge in [-0.05, 0) is 23.5 Å². The summed E-state index contributed by atoms with van der Waals surface area (Å²) in [6, 6.07) is 19.4. The van der Waals surface area contributed by atoms with Crippen molar-refractivity contribution in [3.8, 4) is 0 Å². The second-order valence-electron chi connectivity index (χ2n) is 6.18. The molecule has 0 bridgehead atoms. The Hall–Kier alpha value is -2.49. The summed E-state index contributed by atoms with van der Waals surface area (Å²) in [4.78, 5) is 23.0. The van der Waals surface area contributed by atoms with Crippen molar-refractivity contribution < 1.29 is 9.72 Å². The van der Waals surface area contributed by atoms with Crippen LogP contribution < -0.4 is 0 Å². The van der Waals surface area contributed by atoms with Crippen LogP contribution in [0.2, 0.25) is 0 Å². The Morgan fingerprint density at radius 2 is 1.65 bits per heavy atom. The SMILES string of the molecule is O=C1C[C@@H](Cc2ccccc2)[C@@H]1[C@H](C[N+](=O)[O-])c1ccccc1. The van der Waals surface area contributed by atoms with Gasteiger partial charge >= 0.3 is 0 Å². The number of ketones is 1. The quantitative estimate of drug-likeness (QED) is 0.606. The van der Waals surface area contributed by atoms with E-state index in [1.54, 1.807) is 0 Å². The number of rotatable bonds is 6. The number of hydrogen-bond donors (Lipinski definition) is 0. The maximum Gasteiger partial charge on any atom is 0.211 e. The summed E-state index contributed by atoms with van der Waals surface area (Å²) >= 11 is 0. The maximum absolute atomic E-state index is 12.2. The first-order valence-corrected chi connectivity index (χ1v) is 7.88. The van der Waals surface area contributed by atoms with Crippen molar-refractivity contribution in [1.82, 2.24) is 0 Å². The zero-order valence-electron chi connectivity index (χ0n) is 12.8. The Kier molecular flexibility index (Phi) is 4.51. The van der Waals surface area contributed by atoms with E-state index in [0.717, 1.165) is 12.0 Å². The molecule has 23 heavy (non-hydrogen) atoms. The fourth-order valence-corrected chi connectivity index (χ4v) is 3.58. The lowest BCUT2D eigenvalue weighted by Gasteiger charge is -2.39. The molecule has 0 aromatic heterocycles. The van der Waals surface area contributed by atoms with Crippen LogP contribution in [0.5, 0.6) is 0 Å². The minimum Gasteiger partial charge on any atom is -0.299 e. The highest BCUT2D eigenvalue weighted by Crippen LogP contribution is 2.43. The van der Waals surface area contributed by atoms with Gasteiger partial charge in [0.1, 0.15) is 5.78 Å². The molecule has 4 nitrogen and oxygen atoms in total. The molecule has 2 aromatic rings. The number of nitrogens with zero attached hydrogens (tertiary/aromatic N) is 1. The van der Waals surface area contributed by atoms with Gasteiger partial charge in [-0.3, -0.25) is 14.9 Å². The van der Waals surface area contributed by atoms with E-state index in [4.69, 9.17) is 0 Å². The third-order valence-corrected chi connectivity index (χ3v) is 4.69. The first-order valence-electron chi connectivity index (χ1n) is 7.88. The van der Waals surface area contributed by atoms with Crippen LogP contribution in [0.1, 0.15) is 23.5 Å². The molecule has 0 heterocycles. The molecule has 0 unspecified atom stereocenters. The van der Waals surface area contributed by atoms with Crippen molar-refractivity contribution >= 4 is 5.78 Å². The van der Waals surface area contributed by atoms with Crippen LogP contribution >= 0.6 is 0 Å². The van der Waals surface area contributed by atoms with Gasteiger partial charge in [-0.1, -0.05) is 60.7 Å². The normalized spacial score (nSPS) is 21.5. The minimum atomic E-state index is -0.332. The zero-order chi connectivity index (χ0) is 16.2. The van der Waals surface area contributed by atoms with Crippen LogP contribution in [-0.2, 0) is 11.2 Å². The first kappa shape index (κ1) is 15.4. The minimum absolute atomic E-state index is 0.154. The highest BCUT2D eigenvalue weighted by molar-refractivity contribution is 5.88. The molecule has 0 amide bonds. The summed E-state index contributed by atoms with van der Waals surface area (Å²) in [5.41, 5.74) is 2.07. The Morgan fingerprint density at radius 1 is 1.04 bits per heavy atom. The summed E-state index contributed by atoms with van der Waals surface area (Å²) in [5.74, 6) is -0.235. The van der Waals surface area contributed by atoms with E-state index in [9.17, 15) is 14.9 Å². The monoisotopic (exact) mass is 309 g/mol. The Morgan fingerprint density at radius 3 is 2.22 bits per heavy atom. The van der Waals surface area contributed by atoms with Crippen molar-refractivity contribution in [3.63, 3.8) is 0 Å². The molecule has 0 aliphatic heterocycles. The summed E-state index contributed by atoms with van der Waals surface area (Å²) in [6.45, 7) is -0.189. The molecular formula is C19H19NO3. The van der Waals surface area contributed by atoms with Gasteiger partial charge in [-0.15, -0.1) is 0 Å². The lowest BCUT2D eigenvalue weighted by atomic mass is 9.62. The van der Waals surface area contributed by atoms with Gasteiger partial charge in [-0.2, -0.15) is 0 Å². The molecule has 1 fully saturated rings. The molecule has 118 valence electrons. The fourth-order valence-electron chi connectivity index (χ4n) is 3.58. The molecule has 1 aliphatic carbocycles. The first-order chi connectivity index (χ1) is 11.1. The van der Waals surface area contributed by atoms with E-state index < -0.39 is 0 Å². The molecule has 2 aromatic carbocycles. The molecule has 0 spiro atoms. The maximum atomic E-state index is 12.2. The largest absolute Gasteiger partial charge is 0.299 e. The Bertz CT molecular complexity index is 684. The van der Waals surface area contributed by atoms with E-state index in [0.29, 0.717) is 6.42 Å². The van der Waals surface area contributed by atoms with Crippen LogP contribution in [0.3, 0.4) is 0 Å². The van der Waals surface area contributed by atoms with Gasteiger partial charge in [0, 0.05) is 17.3 Å². The Labute approximate surface area is 135 Å². The second-order valence-corrected chi connectivity index (χ2v) is 6.18. The van der Waals surface area contributed by atoms with Gasteiger partial charge in [0.05, 0.1) is 5.92 Å². The van der Waals surface area contributed by atoms with Crippen molar-refractivity contribution in [2.24, 2.45) is 11.8 Å². The number of nitro groups is 1. The summed E-state index contributed by atoms with van der Waals surface area (Å²) in [7, 11) is 0. The third kappa shape index (κ3) is 3.47. The zero-order valence-corrected chi connectivity index (χ0v) is 12.8. The highest BCUT2D eigenvalue weighted by atomic mass is 16.6. The third-order valence-electron chi connectivity index (χ3n) is 4.69. The predicted octanol–water partition coefficient (Wildman–Crippen LogP) is 3.49. The molecule has 4 heteroatoms. The van der Waals surface area contributed by atoms with Gasteiger partial charge in [0.15, 0.2) is 0 Å². The molecule has 3 atom stereocenters. The van der Waals surface area contributed by atoms with Gasteiger partial charge in [0.25, 0.3) is 0 Å². The summed E-state index contributed by atoms with van der Waals surface area (Å²) in [6.07, 6.45) is 1.33. The molecule has 1 saturated carbocycles. The number of benzene rings is 2. The molecule has 0 N–H and O–H groups in total. The van der Waals surface area contributed by atoms with E-state index >= 15 is 0 Å². The fraction of sp³-hybridized carbons (Fsp3) is 0.316. The summed E-state index contributed by atoms with van der Waals surface area (Å²) < 4.78 is 0. The average molecular weight is 309 g/mol. The molecule has 3 rings (SSSR count). The number of hydrogen-bond acceptors (Lipinski definition) is 3. The van der Waals surface area contributed by atoms with Crippen molar-refractivity contribution in [2.75, 3.05) is 6.54 Å². The topological polar surface area (TPSA) is 60.2 Å². The lowest BCUT2D eigenvalue weighted by Crippen LogP contribution is -2.44. The average Bonchev–Trinajstić information content (AvgIpc) is 2.55. The number of carbonyl (C=O) groups excluding carboxylic acids is 1. The predicted molar refractivity (Wildman–Crippen MR) is 87.8 cm³/mol. The van der Waals surface area contributed by atoms with Crippen molar-refractivity contribution in [3.05, 3.63) is 81.9 Å². The van der Waals surface area contributed by atoms with Crippen molar-refractivity contribution in [2.45, 2.75) is 18.8 Å². The van der Waals surface area contributed by atoms with E-state index in [1.165, 1.54) is 5.56 Å². The lowest BCUT2D eigenvalue weighted by molar-refractivity contribution is -0.485. The van der Waals surface area contributed by atoms with Crippen LogP contribution in [0.4, 0.5) is 0 Å². The van der Waals surface area contributed by atoms with Crippen LogP contribution in [-0.4, -0.2) is 17.3 Å². The van der Waals surface area contributed by atoms with E-state index in [1.807, 2.05) is 60.7 Å². The standard InChI is InChI=1S/C19H19NO3/c21-18-12-16(11-14-7-3-1-4-8-14)19(18)17(13-20(22)23)15-9-5-2-6-10-15/h1-10,16-17,19H,11-13H2/t16-,17-,19-/m1/s1. The molecular weight excluding hydrogens is 290 g/mol. The van der Waals surface area contributed by atoms with Crippen LogP contribution in [0, 0.1) is 22.0 Å². The van der Waals surface area contributed by atoms with Crippen LogP contribution in [0.25, 0.3) is 0 Å². The van der Waals surface area contributed by atoms with E-state index in [-0.39, 0.29) is 35.0 Å². The smallest absolute Gasteiger partial charge is 0.211 e. The molecule has 0 radical (unpaired) electrons. The Balaban J connectivity index is 1.82.